The summed E-state index contributed by atoms with van der Waals surface area (Å²) in [5.74, 6) is 1.37. The van der Waals surface area contributed by atoms with Crippen LogP contribution in [0.4, 0.5) is 0 Å². The van der Waals surface area contributed by atoms with Crippen molar-refractivity contribution < 1.29 is 14.6 Å². The normalized spacial score (nSPS) is 11.3. The van der Waals surface area contributed by atoms with Gasteiger partial charge < -0.3 is 20.3 Å². The standard InChI is InChI=1S/C12H19NO3/c1-12(2,14)8-16-11-6-10(15-3)5-4-9(11)7-13/h4-6,14H,7-8,13H2,1-3H3. The Hall–Kier alpha value is -1.26. The second-order valence-electron chi connectivity index (χ2n) is 4.28. The number of hydrogen-bond acceptors (Lipinski definition) is 4. The average molecular weight is 225 g/mol. The van der Waals surface area contributed by atoms with E-state index < -0.39 is 5.60 Å². The van der Waals surface area contributed by atoms with Crippen LogP contribution in [0.1, 0.15) is 19.4 Å². The van der Waals surface area contributed by atoms with E-state index in [1.807, 2.05) is 12.1 Å². The van der Waals surface area contributed by atoms with Crippen molar-refractivity contribution in [1.29, 1.82) is 0 Å². The Labute approximate surface area is 96.0 Å². The van der Waals surface area contributed by atoms with Crippen LogP contribution in [0.2, 0.25) is 0 Å². The topological polar surface area (TPSA) is 64.7 Å². The molecule has 0 aliphatic rings. The maximum absolute atomic E-state index is 9.58. The van der Waals surface area contributed by atoms with E-state index in [2.05, 4.69) is 0 Å². The summed E-state index contributed by atoms with van der Waals surface area (Å²) in [6, 6.07) is 5.46. The lowest BCUT2D eigenvalue weighted by molar-refractivity contribution is 0.0281. The van der Waals surface area contributed by atoms with Crippen LogP contribution in [0.3, 0.4) is 0 Å². The molecular formula is C12H19NO3. The van der Waals surface area contributed by atoms with Crippen LogP contribution in [0.25, 0.3) is 0 Å². The van der Waals surface area contributed by atoms with E-state index in [4.69, 9.17) is 15.2 Å². The molecule has 3 N–H and O–H groups in total. The minimum absolute atomic E-state index is 0.215. The largest absolute Gasteiger partial charge is 0.497 e. The summed E-state index contributed by atoms with van der Waals surface area (Å²) in [5.41, 5.74) is 5.63. The molecular weight excluding hydrogens is 206 g/mol. The first kappa shape index (κ1) is 12.8. The third-order valence-electron chi connectivity index (χ3n) is 2.08. The van der Waals surface area contributed by atoms with Crippen molar-refractivity contribution in [1.82, 2.24) is 0 Å². The summed E-state index contributed by atoms with van der Waals surface area (Å²) in [5, 5.41) is 9.58. The molecule has 0 radical (unpaired) electrons. The maximum Gasteiger partial charge on any atom is 0.127 e. The predicted octanol–water partition coefficient (Wildman–Crippen LogP) is 1.30. The number of aliphatic hydroxyl groups is 1. The molecule has 0 fully saturated rings. The zero-order valence-electron chi connectivity index (χ0n) is 9.99. The second kappa shape index (κ2) is 5.18. The lowest BCUT2D eigenvalue weighted by Crippen LogP contribution is -2.28. The average Bonchev–Trinajstić information content (AvgIpc) is 2.25. The molecule has 0 saturated carbocycles. The van der Waals surface area contributed by atoms with Crippen molar-refractivity contribution in [2.75, 3.05) is 13.7 Å². The lowest BCUT2D eigenvalue weighted by atomic mass is 10.1. The first-order valence-corrected chi connectivity index (χ1v) is 5.18. The molecule has 4 nitrogen and oxygen atoms in total. The van der Waals surface area contributed by atoms with Crippen LogP contribution in [-0.2, 0) is 6.54 Å². The first-order valence-electron chi connectivity index (χ1n) is 5.18. The monoisotopic (exact) mass is 225 g/mol. The Morgan fingerprint density at radius 1 is 1.38 bits per heavy atom. The number of nitrogens with two attached hydrogens (primary N) is 1. The predicted molar refractivity (Wildman–Crippen MR) is 62.7 cm³/mol. The van der Waals surface area contributed by atoms with Gasteiger partial charge in [0.25, 0.3) is 0 Å². The van der Waals surface area contributed by atoms with Crippen molar-refractivity contribution in [2.24, 2.45) is 5.73 Å². The molecule has 0 aliphatic carbocycles. The molecule has 16 heavy (non-hydrogen) atoms. The van der Waals surface area contributed by atoms with Gasteiger partial charge in [-0.05, 0) is 19.9 Å². The van der Waals surface area contributed by atoms with Crippen molar-refractivity contribution in [3.63, 3.8) is 0 Å². The number of rotatable bonds is 5. The summed E-state index contributed by atoms with van der Waals surface area (Å²) >= 11 is 0. The van der Waals surface area contributed by atoms with E-state index in [1.54, 1.807) is 27.0 Å². The van der Waals surface area contributed by atoms with Gasteiger partial charge in [0.05, 0.1) is 12.7 Å². The third-order valence-corrected chi connectivity index (χ3v) is 2.08. The van der Waals surface area contributed by atoms with Crippen LogP contribution in [-0.4, -0.2) is 24.4 Å². The summed E-state index contributed by atoms with van der Waals surface area (Å²) in [7, 11) is 1.59. The summed E-state index contributed by atoms with van der Waals surface area (Å²) in [6.45, 7) is 3.99. The molecule has 4 heteroatoms. The summed E-state index contributed by atoms with van der Waals surface area (Å²) < 4.78 is 10.6. The van der Waals surface area contributed by atoms with Gasteiger partial charge >= 0.3 is 0 Å². The number of hydrogen-bond donors (Lipinski definition) is 2. The smallest absolute Gasteiger partial charge is 0.127 e. The maximum atomic E-state index is 9.58. The molecule has 0 aromatic heterocycles. The molecule has 1 aromatic rings. The van der Waals surface area contributed by atoms with Crippen LogP contribution >= 0.6 is 0 Å². The van der Waals surface area contributed by atoms with Gasteiger partial charge in [0.2, 0.25) is 0 Å². The SMILES string of the molecule is COc1ccc(CN)c(OCC(C)(C)O)c1. The highest BCUT2D eigenvalue weighted by Gasteiger charge is 2.14. The Morgan fingerprint density at radius 2 is 2.06 bits per heavy atom. The minimum atomic E-state index is -0.866. The highest BCUT2D eigenvalue weighted by atomic mass is 16.5. The minimum Gasteiger partial charge on any atom is -0.497 e. The van der Waals surface area contributed by atoms with Gasteiger partial charge in [0, 0.05) is 18.2 Å². The van der Waals surface area contributed by atoms with E-state index in [0.29, 0.717) is 18.0 Å². The van der Waals surface area contributed by atoms with Gasteiger partial charge in [0.15, 0.2) is 0 Å². The Kier molecular flexibility index (Phi) is 4.15. The van der Waals surface area contributed by atoms with Gasteiger partial charge in [-0.15, -0.1) is 0 Å². The molecule has 0 saturated heterocycles. The highest BCUT2D eigenvalue weighted by molar-refractivity contribution is 5.40. The van der Waals surface area contributed by atoms with E-state index in [0.717, 1.165) is 5.56 Å². The molecule has 0 unspecified atom stereocenters. The molecule has 0 spiro atoms. The molecule has 0 heterocycles. The first-order chi connectivity index (χ1) is 7.46. The van der Waals surface area contributed by atoms with E-state index in [1.165, 1.54) is 0 Å². The molecule has 0 atom stereocenters. The van der Waals surface area contributed by atoms with E-state index in [9.17, 15) is 5.11 Å². The lowest BCUT2D eigenvalue weighted by Gasteiger charge is -2.19. The van der Waals surface area contributed by atoms with Gasteiger partial charge in [-0.3, -0.25) is 0 Å². The molecule has 1 aromatic carbocycles. The number of ether oxygens (including phenoxy) is 2. The highest BCUT2D eigenvalue weighted by Crippen LogP contribution is 2.25. The fraction of sp³-hybridized carbons (Fsp3) is 0.500. The van der Waals surface area contributed by atoms with E-state index in [-0.39, 0.29) is 6.61 Å². The van der Waals surface area contributed by atoms with Gasteiger partial charge in [-0.2, -0.15) is 0 Å². The van der Waals surface area contributed by atoms with Crippen LogP contribution in [0, 0.1) is 0 Å². The molecule has 90 valence electrons. The fourth-order valence-corrected chi connectivity index (χ4v) is 1.22. The third kappa shape index (κ3) is 3.72. The summed E-state index contributed by atoms with van der Waals surface area (Å²) in [4.78, 5) is 0. The van der Waals surface area contributed by atoms with Crippen molar-refractivity contribution in [3.8, 4) is 11.5 Å². The van der Waals surface area contributed by atoms with Crippen molar-refractivity contribution in [3.05, 3.63) is 23.8 Å². The van der Waals surface area contributed by atoms with E-state index >= 15 is 0 Å². The van der Waals surface area contributed by atoms with Gasteiger partial charge in [0.1, 0.15) is 18.1 Å². The van der Waals surface area contributed by atoms with Gasteiger partial charge in [-0.1, -0.05) is 6.07 Å². The fourth-order valence-electron chi connectivity index (χ4n) is 1.22. The molecule has 0 amide bonds. The van der Waals surface area contributed by atoms with Gasteiger partial charge in [-0.25, -0.2) is 0 Å². The Balaban J connectivity index is 2.83. The number of methoxy groups -OCH3 is 1. The van der Waals surface area contributed by atoms with Crippen LogP contribution in [0.15, 0.2) is 18.2 Å². The number of benzene rings is 1. The molecule has 0 bridgehead atoms. The van der Waals surface area contributed by atoms with Crippen LogP contribution < -0.4 is 15.2 Å². The molecule has 0 aliphatic heterocycles. The van der Waals surface area contributed by atoms with Crippen molar-refractivity contribution >= 4 is 0 Å². The van der Waals surface area contributed by atoms with Crippen molar-refractivity contribution in [2.45, 2.75) is 26.0 Å². The van der Waals surface area contributed by atoms with Crippen LogP contribution in [0.5, 0.6) is 11.5 Å². The zero-order valence-corrected chi connectivity index (χ0v) is 9.99. The Bertz CT molecular complexity index is 345. The summed E-state index contributed by atoms with van der Waals surface area (Å²) in [6.07, 6.45) is 0. The zero-order chi connectivity index (χ0) is 12.2. The quantitative estimate of drug-likeness (QED) is 0.793. The second-order valence-corrected chi connectivity index (χ2v) is 4.28. The Morgan fingerprint density at radius 3 is 2.56 bits per heavy atom. The molecule has 1 rings (SSSR count).